The monoisotopic (exact) mass is 226 g/mol. The highest BCUT2D eigenvalue weighted by molar-refractivity contribution is 4.76. The van der Waals surface area contributed by atoms with Crippen molar-refractivity contribution in [2.24, 2.45) is 17.8 Å². The van der Waals surface area contributed by atoms with Crippen LogP contribution in [0.5, 0.6) is 0 Å². The molecule has 0 aromatic carbocycles. The minimum Gasteiger partial charge on any atom is -0.240 e. The highest BCUT2D eigenvalue weighted by atomic mass is 16.5. The number of aromatic nitrogens is 3. The van der Waals surface area contributed by atoms with Crippen LogP contribution in [-0.2, 0) is 0 Å². The summed E-state index contributed by atoms with van der Waals surface area (Å²) in [6, 6.07) is 0.273. The minimum atomic E-state index is -0.472. The van der Waals surface area contributed by atoms with E-state index in [1.54, 1.807) is 4.80 Å². The Bertz CT molecular complexity index is 396. The van der Waals surface area contributed by atoms with Crippen LogP contribution in [0.15, 0.2) is 9.32 Å². The van der Waals surface area contributed by atoms with E-state index in [0.717, 1.165) is 6.42 Å². The number of rotatable bonds is 2. The predicted molar refractivity (Wildman–Crippen MR) is 57.7 cm³/mol. The van der Waals surface area contributed by atoms with Gasteiger partial charge in [-0.15, -0.1) is 0 Å². The molecule has 0 amide bonds. The Morgan fingerprint density at radius 2 is 2.25 bits per heavy atom. The summed E-state index contributed by atoms with van der Waals surface area (Å²) in [4.78, 5) is 12.6. The SMILES string of the molecule is CC1CCC(C(C)C)C([n+]2noc(=O)[nH]2)C1. The minimum absolute atomic E-state index is 0.273. The van der Waals surface area contributed by atoms with Gasteiger partial charge in [0.05, 0.1) is 0 Å². The second-order valence-corrected chi connectivity index (χ2v) is 5.31. The summed E-state index contributed by atoms with van der Waals surface area (Å²) in [5.41, 5.74) is 0. The van der Waals surface area contributed by atoms with Gasteiger partial charge in [-0.25, -0.2) is 9.32 Å². The first kappa shape index (κ1) is 11.4. The van der Waals surface area contributed by atoms with Crippen molar-refractivity contribution in [3.8, 4) is 0 Å². The molecule has 1 N–H and O–H groups in total. The summed E-state index contributed by atoms with van der Waals surface area (Å²) in [6.07, 6.45) is 3.53. The maximum atomic E-state index is 11.0. The quantitative estimate of drug-likeness (QED) is 0.773. The van der Waals surface area contributed by atoms with Crippen molar-refractivity contribution in [3.05, 3.63) is 10.6 Å². The van der Waals surface area contributed by atoms with Crippen LogP contribution < -0.4 is 10.6 Å². The van der Waals surface area contributed by atoms with Gasteiger partial charge in [0.15, 0.2) is 0 Å². The Morgan fingerprint density at radius 1 is 1.50 bits per heavy atom. The van der Waals surface area contributed by atoms with Crippen molar-refractivity contribution in [2.45, 2.75) is 46.1 Å². The highest BCUT2D eigenvalue weighted by Gasteiger charge is 2.40. The van der Waals surface area contributed by atoms with E-state index < -0.39 is 5.76 Å². The zero-order valence-corrected chi connectivity index (χ0v) is 10.1. The molecule has 5 heteroatoms. The third kappa shape index (κ3) is 2.18. The van der Waals surface area contributed by atoms with Gasteiger partial charge in [-0.05, 0) is 24.7 Å². The zero-order valence-electron chi connectivity index (χ0n) is 10.1. The van der Waals surface area contributed by atoms with Gasteiger partial charge in [0, 0.05) is 17.1 Å². The summed E-state index contributed by atoms with van der Waals surface area (Å²) in [5, 5.41) is 6.41. The fourth-order valence-electron chi connectivity index (χ4n) is 2.79. The Balaban J connectivity index is 2.23. The smallest absolute Gasteiger partial charge is 0.240 e. The van der Waals surface area contributed by atoms with Gasteiger partial charge in [-0.1, -0.05) is 25.9 Å². The van der Waals surface area contributed by atoms with Crippen molar-refractivity contribution >= 4 is 0 Å². The number of aromatic amines is 1. The first-order chi connectivity index (χ1) is 7.58. The first-order valence-corrected chi connectivity index (χ1v) is 6.05. The van der Waals surface area contributed by atoms with Crippen LogP contribution >= 0.6 is 0 Å². The van der Waals surface area contributed by atoms with Gasteiger partial charge >= 0.3 is 5.76 Å². The summed E-state index contributed by atoms with van der Waals surface area (Å²) < 4.78 is 4.58. The van der Waals surface area contributed by atoms with E-state index in [2.05, 4.69) is 35.7 Å². The summed E-state index contributed by atoms with van der Waals surface area (Å²) in [5.74, 6) is 1.39. The van der Waals surface area contributed by atoms with E-state index in [1.807, 2.05) is 0 Å². The van der Waals surface area contributed by atoms with Crippen molar-refractivity contribution < 1.29 is 9.32 Å². The van der Waals surface area contributed by atoms with Crippen LogP contribution in [0.3, 0.4) is 0 Å². The van der Waals surface area contributed by atoms with E-state index in [-0.39, 0.29) is 6.04 Å². The molecule has 1 aliphatic carbocycles. The Kier molecular flexibility index (Phi) is 3.12. The third-order valence-corrected chi connectivity index (χ3v) is 3.72. The molecule has 1 heterocycles. The van der Waals surface area contributed by atoms with E-state index in [9.17, 15) is 4.79 Å². The number of H-pyrrole nitrogens is 1. The molecule has 16 heavy (non-hydrogen) atoms. The van der Waals surface area contributed by atoms with Gasteiger partial charge in [0.2, 0.25) is 11.3 Å². The lowest BCUT2D eigenvalue weighted by Gasteiger charge is -2.30. The average Bonchev–Trinajstić information content (AvgIpc) is 2.64. The summed E-state index contributed by atoms with van der Waals surface area (Å²) in [6.45, 7) is 6.71. The lowest BCUT2D eigenvalue weighted by Crippen LogP contribution is -2.51. The number of nitrogens with zero attached hydrogens (tertiary/aromatic N) is 2. The molecule has 1 fully saturated rings. The van der Waals surface area contributed by atoms with Crippen molar-refractivity contribution in [2.75, 3.05) is 0 Å². The van der Waals surface area contributed by atoms with E-state index in [0.29, 0.717) is 17.8 Å². The molecule has 0 spiro atoms. The Hall–Kier alpha value is -1.13. The molecule has 1 aromatic rings. The predicted octanol–water partition coefficient (Wildman–Crippen LogP) is 1.28. The fourth-order valence-corrected chi connectivity index (χ4v) is 2.79. The Labute approximate surface area is 94.8 Å². The molecular weight excluding hydrogens is 206 g/mol. The molecule has 1 aromatic heterocycles. The van der Waals surface area contributed by atoms with Crippen LogP contribution in [0.25, 0.3) is 0 Å². The average molecular weight is 226 g/mol. The van der Waals surface area contributed by atoms with E-state index >= 15 is 0 Å². The Morgan fingerprint density at radius 3 is 2.81 bits per heavy atom. The van der Waals surface area contributed by atoms with Crippen LogP contribution in [-0.4, -0.2) is 10.4 Å². The topological polar surface area (TPSA) is 62.8 Å². The molecular formula is C11H20N3O2+. The van der Waals surface area contributed by atoms with E-state index in [1.165, 1.54) is 12.8 Å². The number of nitrogens with one attached hydrogen (secondary N) is 1. The zero-order chi connectivity index (χ0) is 11.7. The molecule has 2 rings (SSSR count). The molecule has 90 valence electrons. The van der Waals surface area contributed by atoms with E-state index in [4.69, 9.17) is 0 Å². The molecule has 0 aliphatic heterocycles. The summed E-state index contributed by atoms with van der Waals surface area (Å²) >= 11 is 0. The van der Waals surface area contributed by atoms with Crippen molar-refractivity contribution in [1.82, 2.24) is 10.4 Å². The maximum Gasteiger partial charge on any atom is 0.492 e. The molecule has 5 nitrogen and oxygen atoms in total. The molecule has 3 unspecified atom stereocenters. The second kappa shape index (κ2) is 4.39. The van der Waals surface area contributed by atoms with Crippen LogP contribution in [0, 0.1) is 17.8 Å². The second-order valence-electron chi connectivity index (χ2n) is 5.31. The van der Waals surface area contributed by atoms with Gasteiger partial charge in [-0.3, -0.25) is 0 Å². The van der Waals surface area contributed by atoms with Crippen LogP contribution in [0.1, 0.15) is 46.1 Å². The standard InChI is InChI=1S/C11H19N3O2/c1-7(2)9-5-4-8(3)6-10(9)14-12-11(15)16-13-14/h7-10H,4-6H2,1-3H3/p+1. The normalized spacial score (nSPS) is 30.9. The highest BCUT2D eigenvalue weighted by Crippen LogP contribution is 2.37. The van der Waals surface area contributed by atoms with Gasteiger partial charge < -0.3 is 0 Å². The van der Waals surface area contributed by atoms with Gasteiger partial charge in [0.25, 0.3) is 0 Å². The molecule has 1 aliphatic rings. The summed E-state index contributed by atoms with van der Waals surface area (Å²) in [7, 11) is 0. The van der Waals surface area contributed by atoms with Crippen LogP contribution in [0.2, 0.25) is 0 Å². The van der Waals surface area contributed by atoms with Crippen molar-refractivity contribution in [3.63, 3.8) is 0 Å². The van der Waals surface area contributed by atoms with Gasteiger partial charge in [0.1, 0.15) is 0 Å². The fraction of sp³-hybridized carbons (Fsp3) is 0.909. The molecule has 0 bridgehead atoms. The van der Waals surface area contributed by atoms with Crippen molar-refractivity contribution in [1.29, 1.82) is 0 Å². The number of hydrogen-bond donors (Lipinski definition) is 1. The molecule has 1 saturated carbocycles. The largest absolute Gasteiger partial charge is 0.492 e. The van der Waals surface area contributed by atoms with Crippen LogP contribution in [0.4, 0.5) is 0 Å². The van der Waals surface area contributed by atoms with Gasteiger partial charge in [-0.2, -0.15) is 0 Å². The number of hydrogen-bond acceptors (Lipinski definition) is 3. The molecule has 3 atom stereocenters. The molecule has 0 saturated heterocycles. The lowest BCUT2D eigenvalue weighted by molar-refractivity contribution is -0.841. The molecule has 0 radical (unpaired) electrons. The maximum absolute atomic E-state index is 11.0. The first-order valence-electron chi connectivity index (χ1n) is 6.05. The third-order valence-electron chi connectivity index (χ3n) is 3.72. The lowest BCUT2D eigenvalue weighted by atomic mass is 9.74.